The van der Waals surface area contributed by atoms with Crippen molar-refractivity contribution < 1.29 is 13.2 Å². The number of rotatable bonds is 6. The molecule has 1 aliphatic heterocycles. The Morgan fingerprint density at radius 2 is 1.73 bits per heavy atom. The lowest BCUT2D eigenvalue weighted by Crippen LogP contribution is -2.30. The first-order chi connectivity index (χ1) is 14.3. The highest BCUT2D eigenvalue weighted by atomic mass is 35.5. The van der Waals surface area contributed by atoms with E-state index in [1.54, 1.807) is 18.2 Å². The second-order valence-electron chi connectivity index (χ2n) is 7.45. The second kappa shape index (κ2) is 9.68. The number of carbonyl (C=O) groups excluding carboxylic acids is 1. The third-order valence-electron chi connectivity index (χ3n) is 5.06. The Labute approximate surface area is 183 Å². The molecular weight excluding hydrogens is 424 g/mol. The van der Waals surface area contributed by atoms with Crippen LogP contribution in [-0.4, -0.2) is 45.9 Å². The molecule has 3 rings (SSSR count). The van der Waals surface area contributed by atoms with Gasteiger partial charge in [0.15, 0.2) is 0 Å². The molecule has 0 unspecified atom stereocenters. The molecular formula is C21H27ClN4O3S. The fourth-order valence-electron chi connectivity index (χ4n) is 3.32. The van der Waals surface area contributed by atoms with Crippen LogP contribution in [0.4, 0.5) is 16.2 Å². The molecule has 7 nitrogen and oxygen atoms in total. The fraction of sp³-hybridized carbons (Fsp3) is 0.381. The summed E-state index contributed by atoms with van der Waals surface area (Å²) in [6.45, 7) is 2.27. The Morgan fingerprint density at radius 3 is 2.33 bits per heavy atom. The minimum Gasteiger partial charge on any atom is -0.370 e. The van der Waals surface area contributed by atoms with Gasteiger partial charge in [-0.2, -0.15) is 0 Å². The Morgan fingerprint density at radius 1 is 1.07 bits per heavy atom. The van der Waals surface area contributed by atoms with Gasteiger partial charge in [0.05, 0.1) is 15.6 Å². The summed E-state index contributed by atoms with van der Waals surface area (Å²) in [5, 5.41) is 6.16. The van der Waals surface area contributed by atoms with Gasteiger partial charge < -0.3 is 15.5 Å². The van der Waals surface area contributed by atoms with Crippen molar-refractivity contribution in [3.63, 3.8) is 0 Å². The van der Waals surface area contributed by atoms with Gasteiger partial charge in [0.1, 0.15) is 0 Å². The summed E-state index contributed by atoms with van der Waals surface area (Å²) in [6, 6.07) is 11.6. The summed E-state index contributed by atoms with van der Waals surface area (Å²) in [5.41, 5.74) is 2.40. The van der Waals surface area contributed by atoms with Crippen LogP contribution >= 0.6 is 11.6 Å². The Kier molecular flexibility index (Phi) is 7.23. The van der Waals surface area contributed by atoms with E-state index in [4.69, 9.17) is 11.6 Å². The molecule has 0 bridgehead atoms. The third kappa shape index (κ3) is 5.44. The number of hydrogen-bond donors (Lipinski definition) is 2. The van der Waals surface area contributed by atoms with Gasteiger partial charge in [0.25, 0.3) is 0 Å². The highest BCUT2D eigenvalue weighted by Crippen LogP contribution is 2.30. The van der Waals surface area contributed by atoms with E-state index in [1.807, 2.05) is 12.1 Å². The molecule has 1 aliphatic rings. The zero-order valence-electron chi connectivity index (χ0n) is 17.2. The number of sulfonamides is 1. The Hall–Kier alpha value is -2.29. The molecule has 0 radical (unpaired) electrons. The molecule has 2 N–H and O–H groups in total. The summed E-state index contributed by atoms with van der Waals surface area (Å²) in [5.74, 6) is 0. The number of piperidine rings is 1. The van der Waals surface area contributed by atoms with E-state index in [1.165, 1.54) is 45.5 Å². The lowest BCUT2D eigenvalue weighted by molar-refractivity contribution is 0.251. The molecule has 1 heterocycles. The first kappa shape index (κ1) is 22.4. The molecule has 0 aromatic heterocycles. The van der Waals surface area contributed by atoms with Gasteiger partial charge in [-0.15, -0.1) is 0 Å². The van der Waals surface area contributed by atoms with Crippen LogP contribution in [0.15, 0.2) is 47.4 Å². The lowest BCUT2D eigenvalue weighted by atomic mass is 10.1. The molecule has 0 aliphatic carbocycles. The summed E-state index contributed by atoms with van der Waals surface area (Å²) in [7, 11) is -0.491. The van der Waals surface area contributed by atoms with E-state index < -0.39 is 10.0 Å². The number of amides is 2. The normalized spacial score (nSPS) is 14.6. The highest BCUT2D eigenvalue weighted by Gasteiger charge is 2.17. The lowest BCUT2D eigenvalue weighted by Gasteiger charge is -2.29. The maximum Gasteiger partial charge on any atom is 0.319 e. The highest BCUT2D eigenvalue weighted by molar-refractivity contribution is 7.89. The number of nitrogens with zero attached hydrogens (tertiary/aromatic N) is 2. The van der Waals surface area contributed by atoms with E-state index in [9.17, 15) is 13.2 Å². The van der Waals surface area contributed by atoms with Gasteiger partial charge in [-0.3, -0.25) is 0 Å². The van der Waals surface area contributed by atoms with Gasteiger partial charge in [-0.05, 0) is 55.2 Å². The number of anilines is 2. The van der Waals surface area contributed by atoms with Crippen LogP contribution in [0.1, 0.15) is 24.8 Å². The minimum atomic E-state index is -3.46. The van der Waals surface area contributed by atoms with Crippen molar-refractivity contribution in [2.45, 2.75) is 30.7 Å². The largest absolute Gasteiger partial charge is 0.370 e. The predicted molar refractivity (Wildman–Crippen MR) is 121 cm³/mol. The topological polar surface area (TPSA) is 81.8 Å². The van der Waals surface area contributed by atoms with Crippen molar-refractivity contribution in [2.75, 3.05) is 37.4 Å². The molecule has 2 aromatic carbocycles. The third-order valence-corrected chi connectivity index (χ3v) is 7.19. The molecule has 162 valence electrons. The van der Waals surface area contributed by atoms with Gasteiger partial charge in [0, 0.05) is 39.4 Å². The van der Waals surface area contributed by atoms with Crippen LogP contribution in [0.3, 0.4) is 0 Å². The monoisotopic (exact) mass is 450 g/mol. The molecule has 2 amide bonds. The van der Waals surface area contributed by atoms with E-state index in [0.717, 1.165) is 28.6 Å². The van der Waals surface area contributed by atoms with E-state index >= 15 is 0 Å². The van der Waals surface area contributed by atoms with Crippen LogP contribution in [0.5, 0.6) is 0 Å². The molecule has 1 saturated heterocycles. The number of carbonyl (C=O) groups is 1. The maximum absolute atomic E-state index is 12.2. The quantitative estimate of drug-likeness (QED) is 0.699. The first-order valence-electron chi connectivity index (χ1n) is 9.88. The fourth-order valence-corrected chi connectivity index (χ4v) is 4.53. The summed E-state index contributed by atoms with van der Waals surface area (Å²) >= 11 is 6.43. The van der Waals surface area contributed by atoms with Gasteiger partial charge in [-0.25, -0.2) is 17.5 Å². The maximum atomic E-state index is 12.2. The SMILES string of the molecule is CN(C)S(=O)(=O)c1ccc(CNC(=O)Nc2ccc(N3CCCCC3)c(Cl)c2)cc1. The number of halogens is 1. The van der Waals surface area contributed by atoms with E-state index in [2.05, 4.69) is 15.5 Å². The molecule has 30 heavy (non-hydrogen) atoms. The van der Waals surface area contributed by atoms with Crippen LogP contribution in [0, 0.1) is 0 Å². The molecule has 2 aromatic rings. The van der Waals surface area contributed by atoms with Crippen molar-refractivity contribution in [3.05, 3.63) is 53.1 Å². The predicted octanol–water partition coefficient (Wildman–Crippen LogP) is 3.90. The van der Waals surface area contributed by atoms with Crippen LogP contribution in [0.25, 0.3) is 0 Å². The summed E-state index contributed by atoms with van der Waals surface area (Å²) in [6.07, 6.45) is 3.59. The number of urea groups is 1. The summed E-state index contributed by atoms with van der Waals surface area (Å²) in [4.78, 5) is 14.7. The van der Waals surface area contributed by atoms with Crippen molar-refractivity contribution in [3.8, 4) is 0 Å². The Balaban J connectivity index is 1.55. The second-order valence-corrected chi connectivity index (χ2v) is 10.0. The van der Waals surface area contributed by atoms with E-state index in [-0.39, 0.29) is 17.5 Å². The average Bonchev–Trinajstić information content (AvgIpc) is 2.73. The van der Waals surface area contributed by atoms with Crippen molar-refractivity contribution in [2.24, 2.45) is 0 Å². The number of nitrogens with one attached hydrogen (secondary N) is 2. The van der Waals surface area contributed by atoms with Crippen molar-refractivity contribution in [1.29, 1.82) is 0 Å². The zero-order chi connectivity index (χ0) is 21.7. The first-order valence-corrected chi connectivity index (χ1v) is 11.7. The standard InChI is InChI=1S/C21H27ClN4O3S/c1-25(2)30(28,29)18-9-6-16(7-10-18)15-23-21(27)24-17-8-11-20(19(22)14-17)26-12-4-3-5-13-26/h6-11,14H,3-5,12-13,15H2,1-2H3,(H2,23,24,27). The molecule has 0 saturated carbocycles. The smallest absolute Gasteiger partial charge is 0.319 e. The number of hydrogen-bond acceptors (Lipinski definition) is 4. The van der Waals surface area contributed by atoms with Crippen molar-refractivity contribution in [1.82, 2.24) is 9.62 Å². The van der Waals surface area contributed by atoms with E-state index in [0.29, 0.717) is 10.7 Å². The zero-order valence-corrected chi connectivity index (χ0v) is 18.8. The van der Waals surface area contributed by atoms with Crippen LogP contribution < -0.4 is 15.5 Å². The molecule has 1 fully saturated rings. The molecule has 0 spiro atoms. The minimum absolute atomic E-state index is 0.212. The average molecular weight is 451 g/mol. The van der Waals surface area contributed by atoms with Gasteiger partial charge in [-0.1, -0.05) is 23.7 Å². The van der Waals surface area contributed by atoms with Crippen LogP contribution in [-0.2, 0) is 16.6 Å². The van der Waals surface area contributed by atoms with Gasteiger partial charge >= 0.3 is 6.03 Å². The van der Waals surface area contributed by atoms with Crippen molar-refractivity contribution >= 4 is 39.0 Å². The number of benzene rings is 2. The van der Waals surface area contributed by atoms with Gasteiger partial charge in [0.2, 0.25) is 10.0 Å². The summed E-state index contributed by atoms with van der Waals surface area (Å²) < 4.78 is 25.4. The molecule has 9 heteroatoms. The molecule has 0 atom stereocenters. The Bertz CT molecular complexity index is 988. The van der Waals surface area contributed by atoms with Crippen LogP contribution in [0.2, 0.25) is 5.02 Å².